The lowest BCUT2D eigenvalue weighted by Gasteiger charge is -2.17. The first kappa shape index (κ1) is 13.5. The lowest BCUT2D eigenvalue weighted by atomic mass is 10.2. The molecule has 3 N–H and O–H groups in total. The predicted molar refractivity (Wildman–Crippen MR) is 67.3 cm³/mol. The normalized spacial score (nSPS) is 10.4. The van der Waals surface area contributed by atoms with Crippen molar-refractivity contribution in [3.63, 3.8) is 0 Å². The van der Waals surface area contributed by atoms with Gasteiger partial charge in [0.1, 0.15) is 13.1 Å². The molecule has 1 aromatic heterocycles. The number of benzene rings is 1. The Morgan fingerprint density at radius 3 is 2.30 bits per heavy atom. The first-order valence-electron chi connectivity index (χ1n) is 5.65. The average molecular weight is 277 g/mol. The molecule has 0 saturated heterocycles. The number of aromatic nitrogens is 2. The Labute approximate surface area is 112 Å². The van der Waals surface area contributed by atoms with Gasteiger partial charge < -0.3 is 15.1 Å². The van der Waals surface area contributed by atoms with Crippen molar-refractivity contribution in [3.8, 4) is 0 Å². The Bertz CT molecular complexity index is 663. The summed E-state index contributed by atoms with van der Waals surface area (Å²) < 4.78 is 0. The van der Waals surface area contributed by atoms with Crippen LogP contribution >= 0.6 is 0 Å². The van der Waals surface area contributed by atoms with Gasteiger partial charge in [-0.1, -0.05) is 18.2 Å². The van der Waals surface area contributed by atoms with E-state index >= 15 is 0 Å². The second-order valence-corrected chi connectivity index (χ2v) is 4.07. The lowest BCUT2D eigenvalue weighted by Crippen LogP contribution is -2.39. The topological polar surface area (TPSA) is 124 Å². The standard InChI is InChI=1S/C12H11N3O5/c16-9(17)5-15(6-10(18)19)12(20)11-7-3-1-2-4-8(7)13-14-11/h1-4H,5-6H2,(H,13,14)(H,16,17)(H,18,19). The van der Waals surface area contributed by atoms with Crippen LogP contribution in [0.5, 0.6) is 0 Å². The van der Waals surface area contributed by atoms with Gasteiger partial charge in [-0.05, 0) is 6.07 Å². The molecule has 0 atom stereocenters. The summed E-state index contributed by atoms with van der Waals surface area (Å²) in [4.78, 5) is 34.4. The molecule has 20 heavy (non-hydrogen) atoms. The number of carbonyl (C=O) groups excluding carboxylic acids is 1. The number of para-hydroxylation sites is 1. The molecule has 2 aromatic rings. The number of fused-ring (bicyclic) bond motifs is 1. The van der Waals surface area contributed by atoms with Gasteiger partial charge in [0.15, 0.2) is 5.69 Å². The highest BCUT2D eigenvalue weighted by molar-refractivity contribution is 6.06. The minimum Gasteiger partial charge on any atom is -0.480 e. The van der Waals surface area contributed by atoms with Crippen LogP contribution in [0.1, 0.15) is 10.5 Å². The van der Waals surface area contributed by atoms with Gasteiger partial charge in [0, 0.05) is 5.39 Å². The molecule has 0 radical (unpaired) electrons. The van der Waals surface area contributed by atoms with Gasteiger partial charge in [0.05, 0.1) is 5.52 Å². The van der Waals surface area contributed by atoms with Crippen molar-refractivity contribution in [2.24, 2.45) is 0 Å². The number of carbonyl (C=O) groups is 3. The van der Waals surface area contributed by atoms with Crippen LogP contribution in [0.4, 0.5) is 0 Å². The maximum absolute atomic E-state index is 12.2. The minimum atomic E-state index is -1.29. The Hall–Kier alpha value is -2.90. The van der Waals surface area contributed by atoms with E-state index in [9.17, 15) is 14.4 Å². The van der Waals surface area contributed by atoms with E-state index in [4.69, 9.17) is 10.2 Å². The summed E-state index contributed by atoms with van der Waals surface area (Å²) in [5.74, 6) is -3.33. The van der Waals surface area contributed by atoms with Crippen molar-refractivity contribution in [1.82, 2.24) is 15.1 Å². The van der Waals surface area contributed by atoms with Crippen molar-refractivity contribution < 1.29 is 24.6 Å². The highest BCUT2D eigenvalue weighted by Crippen LogP contribution is 2.16. The third kappa shape index (κ3) is 2.74. The van der Waals surface area contributed by atoms with Crippen molar-refractivity contribution in [2.75, 3.05) is 13.1 Å². The van der Waals surface area contributed by atoms with Crippen LogP contribution in [0.2, 0.25) is 0 Å². The summed E-state index contributed by atoms with van der Waals surface area (Å²) in [5, 5.41) is 24.5. The van der Waals surface area contributed by atoms with E-state index in [0.29, 0.717) is 15.8 Å². The molecule has 0 fully saturated rings. The fraction of sp³-hybridized carbons (Fsp3) is 0.167. The fourth-order valence-electron chi connectivity index (χ4n) is 1.80. The molecule has 1 aromatic carbocycles. The number of hydrogen-bond acceptors (Lipinski definition) is 4. The molecule has 8 heteroatoms. The van der Waals surface area contributed by atoms with Gasteiger partial charge in [0.2, 0.25) is 0 Å². The zero-order valence-corrected chi connectivity index (χ0v) is 10.2. The van der Waals surface area contributed by atoms with E-state index in [0.717, 1.165) is 0 Å². The smallest absolute Gasteiger partial charge is 0.323 e. The number of aromatic amines is 1. The number of carboxylic acid groups (broad SMARTS) is 2. The van der Waals surface area contributed by atoms with Crippen LogP contribution in [0.25, 0.3) is 10.9 Å². The number of nitrogens with zero attached hydrogens (tertiary/aromatic N) is 2. The van der Waals surface area contributed by atoms with Gasteiger partial charge in [-0.2, -0.15) is 5.10 Å². The third-order valence-corrected chi connectivity index (χ3v) is 2.61. The first-order valence-corrected chi connectivity index (χ1v) is 5.65. The second-order valence-electron chi connectivity index (χ2n) is 4.07. The average Bonchev–Trinajstić information content (AvgIpc) is 2.79. The predicted octanol–water partition coefficient (Wildman–Crippen LogP) is 0.174. The Balaban J connectivity index is 2.35. The molecule has 0 unspecified atom stereocenters. The summed E-state index contributed by atoms with van der Waals surface area (Å²) in [7, 11) is 0. The van der Waals surface area contributed by atoms with Crippen LogP contribution in [-0.2, 0) is 9.59 Å². The van der Waals surface area contributed by atoms with Crippen molar-refractivity contribution in [1.29, 1.82) is 0 Å². The molecule has 1 heterocycles. The molecule has 0 aliphatic rings. The molecule has 0 aliphatic carbocycles. The van der Waals surface area contributed by atoms with Gasteiger partial charge >= 0.3 is 11.9 Å². The van der Waals surface area contributed by atoms with Crippen LogP contribution in [-0.4, -0.2) is 56.2 Å². The number of amides is 1. The van der Waals surface area contributed by atoms with Crippen molar-refractivity contribution in [2.45, 2.75) is 0 Å². The number of H-pyrrole nitrogens is 1. The van der Waals surface area contributed by atoms with Gasteiger partial charge in [-0.25, -0.2) is 0 Å². The zero-order valence-electron chi connectivity index (χ0n) is 10.2. The van der Waals surface area contributed by atoms with E-state index < -0.39 is 30.9 Å². The number of carboxylic acids is 2. The number of nitrogens with one attached hydrogen (secondary N) is 1. The van der Waals surface area contributed by atoms with Gasteiger partial charge in [-0.15, -0.1) is 0 Å². The van der Waals surface area contributed by atoms with E-state index in [2.05, 4.69) is 10.2 Å². The SMILES string of the molecule is O=C(O)CN(CC(=O)O)C(=O)c1n[nH]c2ccccc12. The molecule has 0 spiro atoms. The van der Waals surface area contributed by atoms with Crippen LogP contribution in [0, 0.1) is 0 Å². The Kier molecular flexibility index (Phi) is 3.65. The van der Waals surface area contributed by atoms with E-state index in [1.807, 2.05) is 0 Å². The minimum absolute atomic E-state index is 0.00287. The first-order chi connectivity index (χ1) is 9.49. The molecule has 2 rings (SSSR count). The second kappa shape index (κ2) is 5.39. The lowest BCUT2D eigenvalue weighted by molar-refractivity contribution is -0.140. The van der Waals surface area contributed by atoms with E-state index in [1.165, 1.54) is 0 Å². The van der Waals surface area contributed by atoms with Gasteiger partial charge in [-0.3, -0.25) is 19.5 Å². The van der Waals surface area contributed by atoms with Crippen LogP contribution < -0.4 is 0 Å². The molecule has 0 saturated carbocycles. The fourth-order valence-corrected chi connectivity index (χ4v) is 1.80. The Morgan fingerprint density at radius 2 is 1.70 bits per heavy atom. The Morgan fingerprint density at radius 1 is 1.10 bits per heavy atom. The highest BCUT2D eigenvalue weighted by Gasteiger charge is 2.24. The summed E-state index contributed by atoms with van der Waals surface area (Å²) in [6.07, 6.45) is 0. The van der Waals surface area contributed by atoms with Gasteiger partial charge in [0.25, 0.3) is 5.91 Å². The summed E-state index contributed by atoms with van der Waals surface area (Å²) in [6.45, 7) is -1.40. The number of rotatable bonds is 5. The van der Waals surface area contributed by atoms with Crippen LogP contribution in [0.3, 0.4) is 0 Å². The monoisotopic (exact) mass is 277 g/mol. The third-order valence-electron chi connectivity index (χ3n) is 2.61. The quantitative estimate of drug-likeness (QED) is 0.716. The molecule has 0 bridgehead atoms. The molecule has 8 nitrogen and oxygen atoms in total. The zero-order chi connectivity index (χ0) is 14.7. The molecular formula is C12H11N3O5. The molecule has 0 aliphatic heterocycles. The summed E-state index contributed by atoms with van der Waals surface area (Å²) >= 11 is 0. The van der Waals surface area contributed by atoms with Crippen LogP contribution in [0.15, 0.2) is 24.3 Å². The molecule has 104 valence electrons. The number of hydrogen-bond donors (Lipinski definition) is 3. The summed E-state index contributed by atoms with van der Waals surface area (Å²) in [6, 6.07) is 6.80. The molecule has 1 amide bonds. The van der Waals surface area contributed by atoms with Crippen molar-refractivity contribution >= 4 is 28.7 Å². The maximum atomic E-state index is 12.2. The highest BCUT2D eigenvalue weighted by atomic mass is 16.4. The van der Waals surface area contributed by atoms with E-state index in [-0.39, 0.29) is 5.69 Å². The summed E-state index contributed by atoms with van der Waals surface area (Å²) in [5.41, 5.74) is 0.615. The maximum Gasteiger partial charge on any atom is 0.323 e. The van der Waals surface area contributed by atoms with Crippen molar-refractivity contribution in [3.05, 3.63) is 30.0 Å². The number of aliphatic carboxylic acids is 2. The molecular weight excluding hydrogens is 266 g/mol. The largest absolute Gasteiger partial charge is 0.480 e. The van der Waals surface area contributed by atoms with E-state index in [1.54, 1.807) is 24.3 Å².